The van der Waals surface area contributed by atoms with Crippen LogP contribution in [0.25, 0.3) is 0 Å². The molecule has 8 nitrogen and oxygen atoms in total. The van der Waals surface area contributed by atoms with Crippen LogP contribution < -0.4 is 5.32 Å². The van der Waals surface area contributed by atoms with Crippen molar-refractivity contribution < 1.29 is 19.9 Å². The van der Waals surface area contributed by atoms with Gasteiger partial charge in [0.2, 0.25) is 6.23 Å². The maximum absolute atomic E-state index is 10.8. The number of ether oxygens (including phenoxy) is 1. The summed E-state index contributed by atoms with van der Waals surface area (Å²) in [5, 5.41) is 23.5. The molecule has 8 heteroatoms. The lowest BCUT2D eigenvalue weighted by Gasteiger charge is -2.09. The molecule has 0 amide bonds. The van der Waals surface area contributed by atoms with Crippen molar-refractivity contribution in [3.63, 3.8) is 0 Å². The van der Waals surface area contributed by atoms with E-state index in [1.165, 1.54) is 24.3 Å². The van der Waals surface area contributed by atoms with Crippen molar-refractivity contribution in [1.82, 2.24) is 0 Å². The van der Waals surface area contributed by atoms with Gasteiger partial charge in [0, 0.05) is 29.8 Å². The third-order valence-corrected chi connectivity index (χ3v) is 3.76. The van der Waals surface area contributed by atoms with E-state index in [0.717, 1.165) is 11.1 Å². The summed E-state index contributed by atoms with van der Waals surface area (Å²) in [4.78, 5) is 20.6. The zero-order valence-corrected chi connectivity index (χ0v) is 12.0. The van der Waals surface area contributed by atoms with Gasteiger partial charge in [0.1, 0.15) is 12.6 Å². The number of quaternary nitrogens is 1. The van der Waals surface area contributed by atoms with Crippen LogP contribution in [0.4, 0.5) is 11.4 Å². The second-order valence-electron chi connectivity index (χ2n) is 5.22. The van der Waals surface area contributed by atoms with E-state index in [9.17, 15) is 20.2 Å². The highest BCUT2D eigenvalue weighted by Gasteiger charge is 2.32. The second-order valence-corrected chi connectivity index (χ2v) is 5.22. The van der Waals surface area contributed by atoms with Crippen molar-refractivity contribution in [1.29, 1.82) is 0 Å². The molecule has 0 saturated carbocycles. The molecule has 0 bridgehead atoms. The van der Waals surface area contributed by atoms with Gasteiger partial charge < -0.3 is 10.1 Å². The lowest BCUT2D eigenvalue weighted by atomic mass is 10.1. The lowest BCUT2D eigenvalue weighted by molar-refractivity contribution is -0.698. The minimum atomic E-state index is -0.447. The number of nitro benzene ring substituents is 2. The summed E-state index contributed by atoms with van der Waals surface area (Å²) in [7, 11) is 0. The molecule has 1 aliphatic heterocycles. The predicted molar refractivity (Wildman–Crippen MR) is 79.6 cm³/mol. The lowest BCUT2D eigenvalue weighted by Crippen LogP contribution is -2.82. The molecule has 118 valence electrons. The highest BCUT2D eigenvalue weighted by atomic mass is 16.6. The van der Waals surface area contributed by atoms with E-state index in [4.69, 9.17) is 4.74 Å². The van der Waals surface area contributed by atoms with Crippen molar-refractivity contribution in [3.05, 3.63) is 79.9 Å². The molecule has 3 rings (SSSR count). The number of hydrogen-bond donors (Lipinski definition) is 1. The van der Waals surface area contributed by atoms with E-state index >= 15 is 0 Å². The van der Waals surface area contributed by atoms with E-state index in [1.807, 2.05) is 5.32 Å². The molecule has 0 aromatic heterocycles. The van der Waals surface area contributed by atoms with E-state index < -0.39 is 9.85 Å². The first kappa shape index (κ1) is 15.1. The Bertz CT molecular complexity index is 747. The fourth-order valence-electron chi connectivity index (χ4n) is 2.59. The van der Waals surface area contributed by atoms with Crippen LogP contribution in [0.15, 0.2) is 48.5 Å². The third-order valence-electron chi connectivity index (χ3n) is 3.76. The van der Waals surface area contributed by atoms with Gasteiger partial charge >= 0.3 is 0 Å². The van der Waals surface area contributed by atoms with Gasteiger partial charge in [0.15, 0.2) is 0 Å². The summed E-state index contributed by atoms with van der Waals surface area (Å²) >= 11 is 0. The Kier molecular flexibility index (Phi) is 4.00. The monoisotopic (exact) mass is 316 g/mol. The first-order valence-corrected chi connectivity index (χ1v) is 7.02. The van der Waals surface area contributed by atoms with Gasteiger partial charge in [-0.3, -0.25) is 20.2 Å². The Morgan fingerprint density at radius 2 is 1.65 bits per heavy atom. The fourth-order valence-corrected chi connectivity index (χ4v) is 2.59. The van der Waals surface area contributed by atoms with Crippen LogP contribution in [0.3, 0.4) is 0 Å². The predicted octanol–water partition coefficient (Wildman–Crippen LogP) is 1.84. The van der Waals surface area contributed by atoms with Gasteiger partial charge in [-0.25, -0.2) is 0 Å². The summed E-state index contributed by atoms with van der Waals surface area (Å²) in [5.74, 6) is 0. The number of benzene rings is 2. The number of nitrogens with two attached hydrogens (primary N) is 1. The Balaban J connectivity index is 1.74. The molecule has 1 aliphatic rings. The van der Waals surface area contributed by atoms with Gasteiger partial charge in [-0.2, -0.15) is 0 Å². The van der Waals surface area contributed by atoms with Crippen LogP contribution in [0.1, 0.15) is 23.5 Å². The first-order valence-electron chi connectivity index (χ1n) is 7.02. The van der Waals surface area contributed by atoms with Crippen molar-refractivity contribution in [3.8, 4) is 0 Å². The van der Waals surface area contributed by atoms with Crippen molar-refractivity contribution in [2.24, 2.45) is 0 Å². The first-order chi connectivity index (χ1) is 11.0. The number of rotatable bonds is 4. The maximum atomic E-state index is 10.8. The summed E-state index contributed by atoms with van der Waals surface area (Å²) in [6, 6.07) is 12.6. The molecule has 2 aromatic carbocycles. The van der Waals surface area contributed by atoms with Crippen LogP contribution in [0.5, 0.6) is 0 Å². The van der Waals surface area contributed by atoms with E-state index in [-0.39, 0.29) is 23.7 Å². The largest absolute Gasteiger partial charge is 0.315 e. The molecule has 2 atom stereocenters. The zero-order chi connectivity index (χ0) is 16.4. The number of non-ortho nitro benzene ring substituents is 2. The van der Waals surface area contributed by atoms with Gasteiger partial charge in [0.05, 0.1) is 9.85 Å². The van der Waals surface area contributed by atoms with Gasteiger partial charge in [0.25, 0.3) is 11.4 Å². The average Bonchev–Trinajstić information content (AvgIpc) is 3.05. The molecule has 0 radical (unpaired) electrons. The van der Waals surface area contributed by atoms with Crippen molar-refractivity contribution in [2.75, 3.05) is 6.54 Å². The van der Waals surface area contributed by atoms with Crippen LogP contribution in [0.2, 0.25) is 0 Å². The molecular formula is C15H14N3O5+. The van der Waals surface area contributed by atoms with Gasteiger partial charge in [-0.05, 0) is 23.8 Å². The number of hydrogen-bond acceptors (Lipinski definition) is 5. The topological polar surface area (TPSA) is 112 Å². The van der Waals surface area contributed by atoms with Crippen LogP contribution in [-0.4, -0.2) is 16.4 Å². The normalized spacial score (nSPS) is 20.3. The molecule has 0 spiro atoms. The number of nitrogens with zero attached hydrogens (tertiary/aromatic N) is 2. The summed E-state index contributed by atoms with van der Waals surface area (Å²) in [5.41, 5.74) is 1.63. The van der Waals surface area contributed by atoms with Gasteiger partial charge in [-0.1, -0.05) is 6.07 Å². The smallest absolute Gasteiger partial charge is 0.270 e. The highest BCUT2D eigenvalue weighted by Crippen LogP contribution is 2.28. The minimum Gasteiger partial charge on any atom is -0.315 e. The Morgan fingerprint density at radius 1 is 0.957 bits per heavy atom. The molecule has 0 unspecified atom stereocenters. The van der Waals surface area contributed by atoms with E-state index in [0.29, 0.717) is 6.54 Å². The van der Waals surface area contributed by atoms with Crippen LogP contribution >= 0.6 is 0 Å². The van der Waals surface area contributed by atoms with Gasteiger partial charge in [-0.15, -0.1) is 0 Å². The Hall–Kier alpha value is -2.84. The highest BCUT2D eigenvalue weighted by molar-refractivity contribution is 5.36. The minimum absolute atomic E-state index is 0.0262. The molecule has 2 N–H and O–H groups in total. The van der Waals surface area contributed by atoms with E-state index in [1.54, 1.807) is 24.3 Å². The number of nitro groups is 2. The molecule has 1 fully saturated rings. The summed E-state index contributed by atoms with van der Waals surface area (Å²) in [6.07, 6.45) is -0.532. The maximum Gasteiger partial charge on any atom is 0.270 e. The Labute approximate surface area is 131 Å². The fraction of sp³-hybridized carbons (Fsp3) is 0.200. The Morgan fingerprint density at radius 3 is 2.30 bits per heavy atom. The molecule has 0 aliphatic carbocycles. The van der Waals surface area contributed by atoms with Crippen LogP contribution in [0, 0.1) is 20.2 Å². The quantitative estimate of drug-likeness (QED) is 0.683. The zero-order valence-electron chi connectivity index (χ0n) is 12.0. The molecule has 1 heterocycles. The van der Waals surface area contributed by atoms with Crippen LogP contribution in [-0.2, 0) is 4.74 Å². The molecule has 2 aromatic rings. The second kappa shape index (κ2) is 6.11. The standard InChI is InChI=1S/C15H13N3O5/c19-17(20)12-6-4-10(5-7-12)14-9-16-15(23-14)11-2-1-3-13(8-11)18(21)22/h1-8,14-16H,9H2/p+1/t14-,15+/m1/s1. The third kappa shape index (κ3) is 3.17. The summed E-state index contributed by atoms with van der Waals surface area (Å²) < 4.78 is 5.92. The van der Waals surface area contributed by atoms with E-state index in [2.05, 4.69) is 0 Å². The van der Waals surface area contributed by atoms with Crippen molar-refractivity contribution in [2.45, 2.75) is 12.3 Å². The molecule has 1 saturated heterocycles. The average molecular weight is 316 g/mol. The molecule has 23 heavy (non-hydrogen) atoms. The summed E-state index contributed by atoms with van der Waals surface area (Å²) in [6.45, 7) is 0.644. The SMILES string of the molecule is O=[N+]([O-])c1ccc([C@H]2C[NH2+][C@H](c3cccc([N+](=O)[O-])c3)O2)cc1. The van der Waals surface area contributed by atoms with Crippen molar-refractivity contribution >= 4 is 11.4 Å². The molecular weight excluding hydrogens is 302 g/mol.